The maximum atomic E-state index is 12.2. The number of esters is 1. The molecule has 0 bridgehead atoms. The zero-order chi connectivity index (χ0) is 14.5. The van der Waals surface area contributed by atoms with E-state index in [-0.39, 0.29) is 24.2 Å². The lowest BCUT2D eigenvalue weighted by atomic mass is 10.3. The zero-order valence-electron chi connectivity index (χ0n) is 11.4. The number of phenolic OH excluding ortho intramolecular Hbond substituents is 1. The fourth-order valence-corrected chi connectivity index (χ4v) is 2.12. The molecule has 0 atom stereocenters. The molecule has 108 valence electrons. The molecule has 0 spiro atoms. The first-order chi connectivity index (χ1) is 9.61. The molecular formula is C14H18N2O4. The molecule has 1 aromatic carbocycles. The first-order valence-electron chi connectivity index (χ1n) is 6.63. The minimum atomic E-state index is -0.289. The lowest BCUT2D eigenvalue weighted by Crippen LogP contribution is -2.33. The molecule has 2 rings (SSSR count). The highest BCUT2D eigenvalue weighted by molar-refractivity contribution is 5.94. The highest BCUT2D eigenvalue weighted by Gasteiger charge is 2.29. The Labute approximate surface area is 117 Å². The van der Waals surface area contributed by atoms with Crippen molar-refractivity contribution in [2.45, 2.75) is 13.3 Å². The van der Waals surface area contributed by atoms with E-state index in [9.17, 15) is 14.7 Å². The van der Waals surface area contributed by atoms with E-state index < -0.39 is 0 Å². The number of urea groups is 1. The molecule has 0 radical (unpaired) electrons. The summed E-state index contributed by atoms with van der Waals surface area (Å²) in [4.78, 5) is 26.8. The minimum Gasteiger partial charge on any atom is -0.508 e. The van der Waals surface area contributed by atoms with Crippen molar-refractivity contribution in [2.75, 3.05) is 31.1 Å². The van der Waals surface area contributed by atoms with E-state index in [4.69, 9.17) is 4.74 Å². The number of rotatable bonds is 5. The number of carbonyl (C=O) groups excluding carboxylic acids is 2. The minimum absolute atomic E-state index is 0.125. The van der Waals surface area contributed by atoms with Crippen molar-refractivity contribution >= 4 is 17.7 Å². The molecule has 1 aliphatic heterocycles. The molecule has 0 aliphatic carbocycles. The van der Waals surface area contributed by atoms with Gasteiger partial charge in [0.1, 0.15) is 5.75 Å². The SMILES string of the molecule is CCOC(=O)CCN1CCN(c2ccc(O)cc2)C1=O. The number of benzene rings is 1. The second-order valence-corrected chi connectivity index (χ2v) is 4.49. The van der Waals surface area contributed by atoms with Gasteiger partial charge in [-0.2, -0.15) is 0 Å². The molecule has 1 heterocycles. The van der Waals surface area contributed by atoms with Crippen molar-refractivity contribution in [2.24, 2.45) is 0 Å². The van der Waals surface area contributed by atoms with Gasteiger partial charge in [0.2, 0.25) is 0 Å². The Morgan fingerprint density at radius 1 is 1.30 bits per heavy atom. The predicted octanol–water partition coefficient (Wildman–Crippen LogP) is 1.59. The summed E-state index contributed by atoms with van der Waals surface area (Å²) in [5.74, 6) is -0.122. The lowest BCUT2D eigenvalue weighted by molar-refractivity contribution is -0.143. The molecule has 6 nitrogen and oxygen atoms in total. The standard InChI is InChI=1S/C14H18N2O4/c1-2-20-13(18)7-8-15-9-10-16(14(15)19)11-3-5-12(17)6-4-11/h3-6,17H,2,7-10H2,1H3. The van der Waals surface area contributed by atoms with E-state index in [1.54, 1.807) is 41.0 Å². The smallest absolute Gasteiger partial charge is 0.324 e. The molecule has 1 aliphatic rings. The Balaban J connectivity index is 1.92. The van der Waals surface area contributed by atoms with Gasteiger partial charge in [0.25, 0.3) is 0 Å². The normalized spacial score (nSPS) is 14.8. The number of anilines is 1. The van der Waals surface area contributed by atoms with E-state index in [0.29, 0.717) is 26.2 Å². The number of amides is 2. The monoisotopic (exact) mass is 278 g/mol. The Hall–Kier alpha value is -2.24. The molecule has 20 heavy (non-hydrogen) atoms. The van der Waals surface area contributed by atoms with E-state index in [2.05, 4.69) is 0 Å². The summed E-state index contributed by atoms with van der Waals surface area (Å²) in [6.07, 6.45) is 0.211. The van der Waals surface area contributed by atoms with E-state index in [1.807, 2.05) is 0 Å². The van der Waals surface area contributed by atoms with Gasteiger partial charge in [-0.25, -0.2) is 4.79 Å². The van der Waals surface area contributed by atoms with Crippen LogP contribution in [-0.4, -0.2) is 48.2 Å². The van der Waals surface area contributed by atoms with Crippen LogP contribution in [0.15, 0.2) is 24.3 Å². The summed E-state index contributed by atoms with van der Waals surface area (Å²) < 4.78 is 4.84. The van der Waals surface area contributed by atoms with E-state index >= 15 is 0 Å². The third-order valence-corrected chi connectivity index (χ3v) is 3.15. The molecule has 1 saturated heterocycles. The fraction of sp³-hybridized carbons (Fsp3) is 0.429. The molecule has 1 aromatic rings. The summed E-state index contributed by atoms with van der Waals surface area (Å²) in [6.45, 7) is 3.63. The lowest BCUT2D eigenvalue weighted by Gasteiger charge is -2.18. The quantitative estimate of drug-likeness (QED) is 0.830. The van der Waals surface area contributed by atoms with Gasteiger partial charge < -0.3 is 14.7 Å². The van der Waals surface area contributed by atoms with Gasteiger partial charge in [-0.05, 0) is 31.2 Å². The summed E-state index contributed by atoms with van der Waals surface area (Å²) in [5, 5.41) is 9.25. The zero-order valence-corrected chi connectivity index (χ0v) is 11.4. The molecule has 0 unspecified atom stereocenters. The van der Waals surface area contributed by atoms with Crippen LogP contribution in [0.25, 0.3) is 0 Å². The Morgan fingerprint density at radius 2 is 2.00 bits per heavy atom. The van der Waals surface area contributed by atoms with Crippen LogP contribution >= 0.6 is 0 Å². The Bertz CT molecular complexity index is 486. The van der Waals surface area contributed by atoms with Gasteiger partial charge in [-0.1, -0.05) is 0 Å². The van der Waals surface area contributed by atoms with Crippen molar-refractivity contribution in [1.29, 1.82) is 0 Å². The number of carbonyl (C=O) groups is 2. The third-order valence-electron chi connectivity index (χ3n) is 3.15. The first kappa shape index (κ1) is 14.2. The topological polar surface area (TPSA) is 70.1 Å². The summed E-state index contributed by atoms with van der Waals surface area (Å²) in [6, 6.07) is 6.36. The second kappa shape index (κ2) is 6.27. The maximum Gasteiger partial charge on any atom is 0.324 e. The second-order valence-electron chi connectivity index (χ2n) is 4.49. The van der Waals surface area contributed by atoms with Crippen molar-refractivity contribution in [3.63, 3.8) is 0 Å². The van der Waals surface area contributed by atoms with Crippen LogP contribution in [0.5, 0.6) is 5.75 Å². The number of hydrogen-bond donors (Lipinski definition) is 1. The van der Waals surface area contributed by atoms with Gasteiger partial charge in [0.15, 0.2) is 0 Å². The van der Waals surface area contributed by atoms with Crippen LogP contribution in [0.1, 0.15) is 13.3 Å². The Morgan fingerprint density at radius 3 is 2.65 bits per heavy atom. The van der Waals surface area contributed by atoms with Crippen LogP contribution < -0.4 is 4.90 Å². The number of aromatic hydroxyl groups is 1. The molecule has 0 saturated carbocycles. The molecule has 6 heteroatoms. The van der Waals surface area contributed by atoms with E-state index in [1.165, 1.54) is 0 Å². The number of ether oxygens (including phenoxy) is 1. The van der Waals surface area contributed by atoms with Gasteiger partial charge in [-0.3, -0.25) is 9.69 Å². The fourth-order valence-electron chi connectivity index (χ4n) is 2.12. The van der Waals surface area contributed by atoms with Crippen molar-refractivity contribution in [3.8, 4) is 5.75 Å². The predicted molar refractivity (Wildman–Crippen MR) is 73.7 cm³/mol. The molecular weight excluding hydrogens is 260 g/mol. The molecule has 0 aromatic heterocycles. The highest BCUT2D eigenvalue weighted by atomic mass is 16.5. The van der Waals surface area contributed by atoms with Gasteiger partial charge >= 0.3 is 12.0 Å². The average molecular weight is 278 g/mol. The molecule has 1 N–H and O–H groups in total. The van der Waals surface area contributed by atoms with Gasteiger partial charge in [0.05, 0.1) is 13.0 Å². The largest absolute Gasteiger partial charge is 0.508 e. The van der Waals surface area contributed by atoms with Crippen LogP contribution in [-0.2, 0) is 9.53 Å². The third kappa shape index (κ3) is 3.20. The van der Waals surface area contributed by atoms with Crippen molar-refractivity contribution in [1.82, 2.24) is 4.90 Å². The van der Waals surface area contributed by atoms with Crippen molar-refractivity contribution in [3.05, 3.63) is 24.3 Å². The van der Waals surface area contributed by atoms with Crippen LogP contribution in [0.3, 0.4) is 0 Å². The summed E-state index contributed by atoms with van der Waals surface area (Å²) in [5.41, 5.74) is 0.742. The average Bonchev–Trinajstić information content (AvgIpc) is 2.79. The van der Waals surface area contributed by atoms with Crippen LogP contribution in [0.4, 0.5) is 10.5 Å². The maximum absolute atomic E-state index is 12.2. The molecule has 2 amide bonds. The summed E-state index contributed by atoms with van der Waals surface area (Å²) in [7, 11) is 0. The number of hydrogen-bond acceptors (Lipinski definition) is 4. The van der Waals surface area contributed by atoms with Gasteiger partial charge in [0, 0.05) is 25.3 Å². The highest BCUT2D eigenvalue weighted by Crippen LogP contribution is 2.22. The number of nitrogens with zero attached hydrogens (tertiary/aromatic N) is 2. The van der Waals surface area contributed by atoms with Crippen molar-refractivity contribution < 1.29 is 19.4 Å². The van der Waals surface area contributed by atoms with Gasteiger partial charge in [-0.15, -0.1) is 0 Å². The first-order valence-corrected chi connectivity index (χ1v) is 6.63. The Kier molecular flexibility index (Phi) is 4.45. The molecule has 1 fully saturated rings. The van der Waals surface area contributed by atoms with E-state index in [0.717, 1.165) is 5.69 Å². The summed E-state index contributed by atoms with van der Waals surface area (Å²) >= 11 is 0. The van der Waals surface area contributed by atoms with Crippen LogP contribution in [0.2, 0.25) is 0 Å². The van der Waals surface area contributed by atoms with Crippen LogP contribution in [0, 0.1) is 0 Å². The number of phenols is 1.